The topological polar surface area (TPSA) is 77.2 Å². The summed E-state index contributed by atoms with van der Waals surface area (Å²) < 4.78 is 61.6. The van der Waals surface area contributed by atoms with Crippen molar-refractivity contribution in [1.82, 2.24) is 0 Å². The molecule has 18 heavy (non-hydrogen) atoms. The first-order chi connectivity index (χ1) is 8.30. The van der Waals surface area contributed by atoms with Crippen LogP contribution in [0.25, 0.3) is 0 Å². The van der Waals surface area contributed by atoms with Crippen molar-refractivity contribution in [1.29, 1.82) is 0 Å². The van der Waals surface area contributed by atoms with Crippen molar-refractivity contribution < 1.29 is 21.4 Å². The molecule has 0 aliphatic carbocycles. The molecule has 0 aromatic heterocycles. The SMILES string of the molecule is Nc1cc(F)c(S(=O)C2CCS(=O)(=O)C2)c(F)c1. The molecule has 0 amide bonds. The van der Waals surface area contributed by atoms with E-state index in [4.69, 9.17) is 5.73 Å². The van der Waals surface area contributed by atoms with Gasteiger partial charge in [-0.2, -0.15) is 0 Å². The zero-order valence-corrected chi connectivity index (χ0v) is 10.9. The summed E-state index contributed by atoms with van der Waals surface area (Å²) in [6, 6.07) is 1.75. The summed E-state index contributed by atoms with van der Waals surface area (Å²) >= 11 is 0. The first-order valence-electron chi connectivity index (χ1n) is 5.16. The number of anilines is 1. The van der Waals surface area contributed by atoms with Gasteiger partial charge in [0.05, 0.1) is 27.6 Å². The molecule has 1 heterocycles. The quantitative estimate of drug-likeness (QED) is 0.820. The van der Waals surface area contributed by atoms with Crippen LogP contribution in [0, 0.1) is 11.6 Å². The summed E-state index contributed by atoms with van der Waals surface area (Å²) in [4.78, 5) is -0.591. The van der Waals surface area contributed by atoms with Crippen LogP contribution in [0.2, 0.25) is 0 Å². The molecule has 1 aliphatic heterocycles. The zero-order valence-electron chi connectivity index (χ0n) is 9.23. The van der Waals surface area contributed by atoms with Gasteiger partial charge < -0.3 is 5.73 Å². The molecule has 1 aromatic rings. The van der Waals surface area contributed by atoms with E-state index in [2.05, 4.69) is 0 Å². The Balaban J connectivity index is 2.36. The Labute approximate surface area is 106 Å². The van der Waals surface area contributed by atoms with E-state index in [9.17, 15) is 21.4 Å². The average molecular weight is 295 g/mol. The predicted octanol–water partition coefficient (Wildman–Crippen LogP) is 0.842. The van der Waals surface area contributed by atoms with Crippen LogP contribution in [-0.4, -0.2) is 29.4 Å². The molecule has 2 unspecified atom stereocenters. The third-order valence-electron chi connectivity index (χ3n) is 2.72. The molecule has 100 valence electrons. The van der Waals surface area contributed by atoms with Gasteiger partial charge in [-0.1, -0.05) is 0 Å². The van der Waals surface area contributed by atoms with Gasteiger partial charge in [-0.3, -0.25) is 4.21 Å². The first kappa shape index (κ1) is 13.4. The molecule has 1 saturated heterocycles. The van der Waals surface area contributed by atoms with Crippen molar-refractivity contribution in [2.24, 2.45) is 0 Å². The normalized spacial score (nSPS) is 24.0. The minimum atomic E-state index is -3.24. The van der Waals surface area contributed by atoms with Crippen LogP contribution >= 0.6 is 0 Å². The highest BCUT2D eigenvalue weighted by Crippen LogP contribution is 2.27. The van der Waals surface area contributed by atoms with Gasteiger partial charge in [0.1, 0.15) is 16.5 Å². The minimum Gasteiger partial charge on any atom is -0.399 e. The van der Waals surface area contributed by atoms with E-state index in [1.165, 1.54) is 0 Å². The summed E-state index contributed by atoms with van der Waals surface area (Å²) in [5.41, 5.74) is 5.14. The molecule has 1 aliphatic rings. The van der Waals surface area contributed by atoms with Crippen molar-refractivity contribution >= 4 is 26.3 Å². The molecule has 2 rings (SSSR count). The molecule has 0 saturated carbocycles. The maximum Gasteiger partial charge on any atom is 0.151 e. The molecule has 0 radical (unpaired) electrons. The average Bonchev–Trinajstić information content (AvgIpc) is 2.57. The molecule has 2 N–H and O–H groups in total. The van der Waals surface area contributed by atoms with Crippen LogP contribution in [0.3, 0.4) is 0 Å². The monoisotopic (exact) mass is 295 g/mol. The van der Waals surface area contributed by atoms with Gasteiger partial charge >= 0.3 is 0 Å². The van der Waals surface area contributed by atoms with Gasteiger partial charge in [-0.05, 0) is 18.6 Å². The lowest BCUT2D eigenvalue weighted by atomic mass is 10.3. The lowest BCUT2D eigenvalue weighted by molar-refractivity contribution is 0.534. The summed E-state index contributed by atoms with van der Waals surface area (Å²) in [6.07, 6.45) is 0.151. The van der Waals surface area contributed by atoms with E-state index in [-0.39, 0.29) is 23.6 Å². The molecule has 4 nitrogen and oxygen atoms in total. The van der Waals surface area contributed by atoms with Crippen LogP contribution in [0.4, 0.5) is 14.5 Å². The fraction of sp³-hybridized carbons (Fsp3) is 0.400. The second kappa shape index (κ2) is 4.58. The zero-order chi connectivity index (χ0) is 13.5. The highest BCUT2D eigenvalue weighted by Gasteiger charge is 2.34. The molecule has 0 bridgehead atoms. The summed E-state index contributed by atoms with van der Waals surface area (Å²) in [6.45, 7) is 0. The predicted molar refractivity (Wildman–Crippen MR) is 64.2 cm³/mol. The Bertz CT molecular complexity index is 593. The number of sulfone groups is 1. The number of hydrogen-bond acceptors (Lipinski definition) is 4. The van der Waals surface area contributed by atoms with E-state index in [1.54, 1.807) is 0 Å². The van der Waals surface area contributed by atoms with Gasteiger partial charge in [-0.25, -0.2) is 17.2 Å². The van der Waals surface area contributed by atoms with E-state index in [0.717, 1.165) is 12.1 Å². The number of nitrogens with two attached hydrogens (primary N) is 1. The van der Waals surface area contributed by atoms with Crippen molar-refractivity contribution in [3.63, 3.8) is 0 Å². The van der Waals surface area contributed by atoms with Crippen molar-refractivity contribution in [2.45, 2.75) is 16.6 Å². The molecular weight excluding hydrogens is 284 g/mol. The fourth-order valence-electron chi connectivity index (χ4n) is 1.87. The van der Waals surface area contributed by atoms with Crippen LogP contribution in [0.15, 0.2) is 17.0 Å². The van der Waals surface area contributed by atoms with E-state index >= 15 is 0 Å². The van der Waals surface area contributed by atoms with E-state index < -0.39 is 42.4 Å². The summed E-state index contributed by atoms with van der Waals surface area (Å²) in [7, 11) is -5.27. The number of halogens is 2. The maximum atomic E-state index is 13.5. The summed E-state index contributed by atoms with van der Waals surface area (Å²) in [5, 5.41) is -0.761. The van der Waals surface area contributed by atoms with Gasteiger partial charge in [0.25, 0.3) is 0 Å². The number of rotatable bonds is 2. The van der Waals surface area contributed by atoms with Crippen LogP contribution in [0.1, 0.15) is 6.42 Å². The van der Waals surface area contributed by atoms with Crippen LogP contribution in [-0.2, 0) is 20.6 Å². The van der Waals surface area contributed by atoms with Crippen molar-refractivity contribution in [3.8, 4) is 0 Å². The molecule has 0 spiro atoms. The molecule has 2 atom stereocenters. The van der Waals surface area contributed by atoms with Gasteiger partial charge in [0.2, 0.25) is 0 Å². The van der Waals surface area contributed by atoms with Gasteiger partial charge in [0.15, 0.2) is 9.84 Å². The Kier molecular flexibility index (Phi) is 3.41. The standard InChI is InChI=1S/C10H11F2NO3S2/c11-8-3-6(13)4-9(12)10(8)17(14)7-1-2-18(15,16)5-7/h3-4,7H,1-2,5,13H2. The largest absolute Gasteiger partial charge is 0.399 e. The Morgan fingerprint density at radius 2 is 1.83 bits per heavy atom. The highest BCUT2D eigenvalue weighted by molar-refractivity contribution is 7.94. The highest BCUT2D eigenvalue weighted by atomic mass is 32.2. The molecule has 1 fully saturated rings. The number of nitrogen functional groups attached to an aromatic ring is 1. The molecular formula is C10H11F2NO3S2. The molecule has 1 aromatic carbocycles. The summed E-state index contributed by atoms with van der Waals surface area (Å²) in [5.74, 6) is -2.41. The Morgan fingerprint density at radius 3 is 2.28 bits per heavy atom. The van der Waals surface area contributed by atoms with E-state index in [0.29, 0.717) is 0 Å². The van der Waals surface area contributed by atoms with Gasteiger partial charge in [-0.15, -0.1) is 0 Å². The Morgan fingerprint density at radius 1 is 1.28 bits per heavy atom. The number of benzene rings is 1. The first-order valence-corrected chi connectivity index (χ1v) is 8.19. The van der Waals surface area contributed by atoms with Crippen molar-refractivity contribution in [3.05, 3.63) is 23.8 Å². The fourth-order valence-corrected chi connectivity index (χ4v) is 5.84. The smallest absolute Gasteiger partial charge is 0.151 e. The third kappa shape index (κ3) is 2.54. The Hall–Kier alpha value is -1.02. The lowest BCUT2D eigenvalue weighted by Crippen LogP contribution is -2.19. The lowest BCUT2D eigenvalue weighted by Gasteiger charge is -2.10. The maximum absolute atomic E-state index is 13.5. The molecule has 8 heteroatoms. The second-order valence-electron chi connectivity index (χ2n) is 4.14. The van der Waals surface area contributed by atoms with Crippen molar-refractivity contribution in [2.75, 3.05) is 17.2 Å². The second-order valence-corrected chi connectivity index (χ2v) is 8.03. The van der Waals surface area contributed by atoms with Gasteiger partial charge in [0, 0.05) is 5.69 Å². The van der Waals surface area contributed by atoms with Crippen LogP contribution in [0.5, 0.6) is 0 Å². The van der Waals surface area contributed by atoms with Crippen LogP contribution < -0.4 is 5.73 Å². The minimum absolute atomic E-state index is 0.0956. The number of hydrogen-bond donors (Lipinski definition) is 1. The van der Waals surface area contributed by atoms with E-state index in [1.807, 2.05) is 0 Å². The third-order valence-corrected chi connectivity index (χ3v) is 6.49.